The predicted molar refractivity (Wildman–Crippen MR) is 102 cm³/mol. The van der Waals surface area contributed by atoms with Crippen LogP contribution in [0.3, 0.4) is 0 Å². The molecular formula is C21H23FN4O2. The number of hydrogen-bond donors (Lipinski definition) is 0. The van der Waals surface area contributed by atoms with E-state index in [9.17, 15) is 9.18 Å². The molecule has 3 aromatic rings. The van der Waals surface area contributed by atoms with E-state index >= 15 is 0 Å². The molecule has 0 spiro atoms. The van der Waals surface area contributed by atoms with E-state index in [0.717, 1.165) is 35.7 Å². The molecular weight excluding hydrogens is 359 g/mol. The Morgan fingerprint density at radius 1 is 1.29 bits per heavy atom. The molecule has 0 N–H and O–H groups in total. The smallest absolute Gasteiger partial charge is 0.222 e. The highest BCUT2D eigenvalue weighted by Gasteiger charge is 2.28. The number of nitrogens with zero attached hydrogens (tertiary/aromatic N) is 4. The average molecular weight is 382 g/mol. The Kier molecular flexibility index (Phi) is 4.98. The monoisotopic (exact) mass is 382 g/mol. The number of aromatic nitrogens is 3. The molecule has 0 aliphatic carbocycles. The third-order valence-corrected chi connectivity index (χ3v) is 5.17. The van der Waals surface area contributed by atoms with E-state index in [1.807, 2.05) is 29.5 Å². The molecule has 1 aliphatic heterocycles. The van der Waals surface area contributed by atoms with Crippen LogP contribution in [0.25, 0.3) is 11.3 Å². The Labute approximate surface area is 162 Å². The zero-order valence-electron chi connectivity index (χ0n) is 16.1. The predicted octanol–water partition coefficient (Wildman–Crippen LogP) is 3.66. The van der Waals surface area contributed by atoms with Gasteiger partial charge in [-0.2, -0.15) is 5.10 Å². The van der Waals surface area contributed by atoms with Gasteiger partial charge in [0.25, 0.3) is 0 Å². The molecule has 3 heterocycles. The van der Waals surface area contributed by atoms with Gasteiger partial charge in [0.05, 0.1) is 12.2 Å². The fourth-order valence-corrected chi connectivity index (χ4v) is 3.73. The quantitative estimate of drug-likeness (QED) is 0.676. The number of fused-ring (bicyclic) bond motifs is 1. The van der Waals surface area contributed by atoms with Gasteiger partial charge >= 0.3 is 0 Å². The fraction of sp³-hybridized carbons (Fsp3) is 0.381. The van der Waals surface area contributed by atoms with Gasteiger partial charge in [0.1, 0.15) is 17.3 Å². The molecule has 4 rings (SSSR count). The summed E-state index contributed by atoms with van der Waals surface area (Å²) < 4.78 is 21.5. The van der Waals surface area contributed by atoms with Crippen LogP contribution in [-0.4, -0.2) is 32.3 Å². The Morgan fingerprint density at radius 2 is 2.11 bits per heavy atom. The van der Waals surface area contributed by atoms with E-state index in [0.29, 0.717) is 37.2 Å². The SMILES string of the molecule is Cc1cc(C)n(CCCC(=O)N2CCc3onc(-c4ccccc4F)c3C2)n1. The van der Waals surface area contributed by atoms with Gasteiger partial charge in [-0.15, -0.1) is 0 Å². The summed E-state index contributed by atoms with van der Waals surface area (Å²) in [7, 11) is 0. The molecule has 28 heavy (non-hydrogen) atoms. The molecule has 1 aromatic carbocycles. The van der Waals surface area contributed by atoms with E-state index < -0.39 is 0 Å². The molecule has 0 radical (unpaired) electrons. The number of aryl methyl sites for hydroxylation is 3. The first-order chi connectivity index (χ1) is 13.5. The second-order valence-corrected chi connectivity index (χ2v) is 7.23. The first kappa shape index (κ1) is 18.4. The van der Waals surface area contributed by atoms with Gasteiger partial charge in [-0.25, -0.2) is 4.39 Å². The molecule has 146 valence electrons. The minimum atomic E-state index is -0.341. The number of carbonyl (C=O) groups excluding carboxylic acids is 1. The lowest BCUT2D eigenvalue weighted by Crippen LogP contribution is -2.35. The van der Waals surface area contributed by atoms with Crippen molar-refractivity contribution in [3.63, 3.8) is 0 Å². The van der Waals surface area contributed by atoms with Crippen LogP contribution in [0.4, 0.5) is 4.39 Å². The van der Waals surface area contributed by atoms with Gasteiger partial charge in [0, 0.05) is 42.8 Å². The standard InChI is InChI=1S/C21H23FN4O2/c1-14-12-15(2)26(23-14)10-5-8-20(27)25-11-9-19-17(13-25)21(24-28-19)16-6-3-4-7-18(16)22/h3-4,6-7,12H,5,8-11,13H2,1-2H3. The Morgan fingerprint density at radius 3 is 2.86 bits per heavy atom. The largest absolute Gasteiger partial charge is 0.360 e. The maximum Gasteiger partial charge on any atom is 0.222 e. The first-order valence-corrected chi connectivity index (χ1v) is 9.54. The topological polar surface area (TPSA) is 64.2 Å². The summed E-state index contributed by atoms with van der Waals surface area (Å²) in [5, 5.41) is 8.50. The number of halogens is 1. The van der Waals surface area contributed by atoms with E-state index in [1.54, 1.807) is 18.2 Å². The first-order valence-electron chi connectivity index (χ1n) is 9.54. The molecule has 0 fully saturated rings. The number of hydrogen-bond acceptors (Lipinski definition) is 4. The number of carbonyl (C=O) groups is 1. The molecule has 2 aromatic heterocycles. The van der Waals surface area contributed by atoms with Crippen molar-refractivity contribution in [2.45, 2.75) is 46.2 Å². The Hall–Kier alpha value is -2.96. The van der Waals surface area contributed by atoms with Crippen LogP contribution in [0.2, 0.25) is 0 Å². The third kappa shape index (κ3) is 3.56. The molecule has 0 saturated heterocycles. The molecule has 7 heteroatoms. The van der Waals surface area contributed by atoms with E-state index in [-0.39, 0.29) is 11.7 Å². The van der Waals surface area contributed by atoms with Gasteiger partial charge in [-0.1, -0.05) is 17.3 Å². The summed E-state index contributed by atoms with van der Waals surface area (Å²) in [6.45, 7) is 5.70. The molecule has 0 atom stereocenters. The van der Waals surface area contributed by atoms with E-state index in [1.165, 1.54) is 6.07 Å². The van der Waals surface area contributed by atoms with Crippen molar-refractivity contribution in [3.8, 4) is 11.3 Å². The van der Waals surface area contributed by atoms with Crippen LogP contribution in [0.15, 0.2) is 34.9 Å². The normalized spacial score (nSPS) is 13.6. The van der Waals surface area contributed by atoms with Crippen LogP contribution < -0.4 is 0 Å². The molecule has 6 nitrogen and oxygen atoms in total. The Balaban J connectivity index is 1.42. The number of amides is 1. The van der Waals surface area contributed by atoms with Crippen molar-refractivity contribution in [3.05, 3.63) is 58.9 Å². The second-order valence-electron chi connectivity index (χ2n) is 7.23. The molecule has 0 unspecified atom stereocenters. The molecule has 1 amide bonds. The summed E-state index contributed by atoms with van der Waals surface area (Å²) in [5.41, 5.74) is 3.80. The van der Waals surface area contributed by atoms with Crippen LogP contribution in [-0.2, 0) is 24.3 Å². The summed E-state index contributed by atoms with van der Waals surface area (Å²) >= 11 is 0. The van der Waals surface area contributed by atoms with Crippen LogP contribution in [0.1, 0.15) is 35.6 Å². The number of rotatable bonds is 5. The van der Waals surface area contributed by atoms with Gasteiger partial charge in [-0.05, 0) is 38.5 Å². The highest BCUT2D eigenvalue weighted by atomic mass is 19.1. The maximum atomic E-state index is 14.2. The maximum absolute atomic E-state index is 14.2. The Bertz CT molecular complexity index is 1010. The zero-order valence-corrected chi connectivity index (χ0v) is 16.1. The summed E-state index contributed by atoms with van der Waals surface area (Å²) in [6.07, 6.45) is 1.78. The highest BCUT2D eigenvalue weighted by Crippen LogP contribution is 2.31. The fourth-order valence-electron chi connectivity index (χ4n) is 3.73. The highest BCUT2D eigenvalue weighted by molar-refractivity contribution is 5.77. The third-order valence-electron chi connectivity index (χ3n) is 5.17. The van der Waals surface area contributed by atoms with Crippen molar-refractivity contribution >= 4 is 5.91 Å². The van der Waals surface area contributed by atoms with Gasteiger partial charge in [0.15, 0.2) is 0 Å². The minimum Gasteiger partial charge on any atom is -0.360 e. The van der Waals surface area contributed by atoms with Crippen molar-refractivity contribution in [2.75, 3.05) is 6.54 Å². The lowest BCUT2D eigenvalue weighted by molar-refractivity contribution is -0.132. The van der Waals surface area contributed by atoms with Crippen molar-refractivity contribution in [1.29, 1.82) is 0 Å². The lowest BCUT2D eigenvalue weighted by atomic mass is 10.0. The van der Waals surface area contributed by atoms with Gasteiger partial charge in [0.2, 0.25) is 5.91 Å². The lowest BCUT2D eigenvalue weighted by Gasteiger charge is -2.26. The average Bonchev–Trinajstić information content (AvgIpc) is 3.24. The van der Waals surface area contributed by atoms with E-state index in [4.69, 9.17) is 4.52 Å². The second kappa shape index (κ2) is 7.58. The molecule has 0 bridgehead atoms. The zero-order chi connectivity index (χ0) is 19.7. The molecule has 1 aliphatic rings. The summed E-state index contributed by atoms with van der Waals surface area (Å²) in [4.78, 5) is 14.5. The number of benzene rings is 1. The van der Waals surface area contributed by atoms with Gasteiger partial charge in [-0.3, -0.25) is 9.48 Å². The van der Waals surface area contributed by atoms with Crippen LogP contribution in [0, 0.1) is 19.7 Å². The van der Waals surface area contributed by atoms with Crippen LogP contribution in [0.5, 0.6) is 0 Å². The van der Waals surface area contributed by atoms with Gasteiger partial charge < -0.3 is 9.42 Å². The van der Waals surface area contributed by atoms with Crippen molar-refractivity contribution < 1.29 is 13.7 Å². The minimum absolute atomic E-state index is 0.0906. The van der Waals surface area contributed by atoms with Crippen LogP contribution >= 0.6 is 0 Å². The van der Waals surface area contributed by atoms with Crippen molar-refractivity contribution in [1.82, 2.24) is 19.8 Å². The summed E-state index contributed by atoms with van der Waals surface area (Å²) in [6, 6.07) is 8.53. The van der Waals surface area contributed by atoms with E-state index in [2.05, 4.69) is 10.3 Å². The van der Waals surface area contributed by atoms with Crippen molar-refractivity contribution in [2.24, 2.45) is 0 Å². The summed E-state index contributed by atoms with van der Waals surface area (Å²) in [5.74, 6) is 0.491. The molecule has 0 saturated carbocycles.